The molecule has 1 radical (unpaired) electrons. The maximum Gasteiger partial charge on any atom is 0.123 e. The second-order valence-corrected chi connectivity index (χ2v) is 3.74. The van der Waals surface area contributed by atoms with E-state index in [1.54, 1.807) is 22.9 Å². The average Bonchev–Trinajstić information content (AvgIpc) is 2.83. The third-order valence-electron chi connectivity index (χ3n) is 2.55. The summed E-state index contributed by atoms with van der Waals surface area (Å²) in [5, 5.41) is 0.883. The van der Waals surface area contributed by atoms with Crippen molar-refractivity contribution in [1.82, 2.24) is 9.55 Å². The summed E-state index contributed by atoms with van der Waals surface area (Å²) in [5.74, 6) is 0.310. The minimum atomic E-state index is -1.69. The van der Waals surface area contributed by atoms with E-state index in [0.717, 1.165) is 10.9 Å². The van der Waals surface area contributed by atoms with Gasteiger partial charge in [-0.15, -0.1) is 0 Å². The second-order valence-electron chi connectivity index (χ2n) is 3.74. The minimum absolute atomic E-state index is 0.310. The minimum Gasteiger partial charge on any atom is -0.384 e. The molecule has 83 valence electrons. The molecule has 3 rings (SSSR count). The molecule has 0 unspecified atom stereocenters. The molecule has 0 aliphatic heterocycles. The van der Waals surface area contributed by atoms with Crippen LogP contribution >= 0.6 is 0 Å². The summed E-state index contributed by atoms with van der Waals surface area (Å²) in [4.78, 5) is 3.89. The fourth-order valence-corrected chi connectivity index (χ4v) is 1.77. The van der Waals surface area contributed by atoms with Crippen LogP contribution < -0.4 is 5.73 Å². The summed E-state index contributed by atoms with van der Waals surface area (Å²) in [6.45, 7) is -1.69. The molecule has 0 atom stereocenters. The standard InChI is InChI=1S/C14H12N3/c15-14-9-11(5-7-16-14)10-17-8-6-12-3-1-2-4-13(12)17/h1-2,4-9H,10H2,(H2,15,16)/i10D2. The number of hydrogen-bond donors (Lipinski definition) is 1. The zero-order chi connectivity index (χ0) is 13.5. The molecule has 2 aromatic heterocycles. The van der Waals surface area contributed by atoms with E-state index >= 15 is 0 Å². The van der Waals surface area contributed by atoms with Crippen LogP contribution in [-0.4, -0.2) is 9.55 Å². The second kappa shape index (κ2) is 3.94. The van der Waals surface area contributed by atoms with Gasteiger partial charge in [0.1, 0.15) is 5.82 Å². The van der Waals surface area contributed by atoms with Crippen LogP contribution in [0.2, 0.25) is 0 Å². The Morgan fingerprint density at radius 2 is 2.35 bits per heavy atom. The Kier molecular flexibility index (Phi) is 1.83. The van der Waals surface area contributed by atoms with E-state index in [1.165, 1.54) is 6.20 Å². The van der Waals surface area contributed by atoms with Crippen molar-refractivity contribution < 1.29 is 2.74 Å². The van der Waals surface area contributed by atoms with Gasteiger partial charge in [0.2, 0.25) is 0 Å². The van der Waals surface area contributed by atoms with E-state index in [-0.39, 0.29) is 0 Å². The number of benzene rings is 1. The lowest BCUT2D eigenvalue weighted by atomic mass is 10.2. The molecule has 3 aromatic rings. The van der Waals surface area contributed by atoms with Crippen LogP contribution in [0.3, 0.4) is 0 Å². The number of anilines is 1. The zero-order valence-electron chi connectivity index (χ0n) is 11.1. The SMILES string of the molecule is [2H]C([2H])(c1ccnc(N)c1)n1ccc2[c]cccc21. The topological polar surface area (TPSA) is 43.8 Å². The van der Waals surface area contributed by atoms with E-state index < -0.39 is 6.50 Å². The van der Waals surface area contributed by atoms with Crippen molar-refractivity contribution in [1.29, 1.82) is 0 Å². The number of fused-ring (bicyclic) bond motifs is 1. The third kappa shape index (κ3) is 1.87. The number of aromatic nitrogens is 2. The predicted molar refractivity (Wildman–Crippen MR) is 68.5 cm³/mol. The molecule has 2 heterocycles. The Labute approximate surface area is 102 Å². The average molecular weight is 224 g/mol. The quantitative estimate of drug-likeness (QED) is 0.726. The number of nitrogens with two attached hydrogens (primary N) is 1. The largest absolute Gasteiger partial charge is 0.384 e. The van der Waals surface area contributed by atoms with Crippen molar-refractivity contribution in [3.63, 3.8) is 0 Å². The normalized spacial score (nSPS) is 13.4. The van der Waals surface area contributed by atoms with Crippen molar-refractivity contribution >= 4 is 16.7 Å². The molecule has 0 aliphatic carbocycles. The van der Waals surface area contributed by atoms with Crippen LogP contribution in [0.1, 0.15) is 8.30 Å². The molecule has 0 aliphatic rings. The number of pyridine rings is 1. The van der Waals surface area contributed by atoms with E-state index in [1.807, 2.05) is 24.3 Å². The summed E-state index contributed by atoms with van der Waals surface area (Å²) in [5.41, 5.74) is 6.90. The van der Waals surface area contributed by atoms with Gasteiger partial charge in [-0.3, -0.25) is 0 Å². The third-order valence-corrected chi connectivity index (χ3v) is 2.55. The van der Waals surface area contributed by atoms with Crippen LogP contribution in [0.25, 0.3) is 10.9 Å². The van der Waals surface area contributed by atoms with Gasteiger partial charge in [-0.1, -0.05) is 12.1 Å². The van der Waals surface area contributed by atoms with E-state index in [0.29, 0.717) is 11.4 Å². The van der Waals surface area contributed by atoms with Crippen LogP contribution in [0, 0.1) is 6.07 Å². The van der Waals surface area contributed by atoms with Gasteiger partial charge in [0.05, 0.1) is 2.74 Å². The Morgan fingerprint density at radius 1 is 1.41 bits per heavy atom. The molecule has 0 bridgehead atoms. The molecule has 0 saturated carbocycles. The summed E-state index contributed by atoms with van der Waals surface area (Å²) in [7, 11) is 0. The lowest BCUT2D eigenvalue weighted by Crippen LogP contribution is -1.99. The number of hydrogen-bond acceptors (Lipinski definition) is 2. The maximum atomic E-state index is 8.34. The fourth-order valence-electron chi connectivity index (χ4n) is 1.77. The first-order valence-corrected chi connectivity index (χ1v) is 5.29. The van der Waals surface area contributed by atoms with Gasteiger partial charge in [-0.25, -0.2) is 4.98 Å². The Hall–Kier alpha value is -2.29. The van der Waals surface area contributed by atoms with Crippen LogP contribution in [0.15, 0.2) is 48.8 Å². The van der Waals surface area contributed by atoms with Crippen LogP contribution in [-0.2, 0) is 6.50 Å². The van der Waals surface area contributed by atoms with Gasteiger partial charge in [-0.05, 0) is 35.9 Å². The lowest BCUT2D eigenvalue weighted by Gasteiger charge is -2.05. The summed E-state index contributed by atoms with van der Waals surface area (Å²) >= 11 is 0. The lowest BCUT2D eigenvalue weighted by molar-refractivity contribution is 0.835. The van der Waals surface area contributed by atoms with Gasteiger partial charge in [-0.2, -0.15) is 0 Å². The highest BCUT2D eigenvalue weighted by atomic mass is 15.0. The molecule has 1 aromatic carbocycles. The van der Waals surface area contributed by atoms with Crippen molar-refractivity contribution in [3.8, 4) is 0 Å². The maximum absolute atomic E-state index is 8.34. The molecular weight excluding hydrogens is 210 g/mol. The Balaban J connectivity index is 2.19. The van der Waals surface area contributed by atoms with E-state index in [4.69, 9.17) is 8.48 Å². The van der Waals surface area contributed by atoms with Gasteiger partial charge in [0.25, 0.3) is 0 Å². The van der Waals surface area contributed by atoms with Crippen molar-refractivity contribution in [2.75, 3.05) is 5.73 Å². The van der Waals surface area contributed by atoms with E-state index in [2.05, 4.69) is 11.1 Å². The molecular formula is C14H12N3. The van der Waals surface area contributed by atoms with Gasteiger partial charge in [0, 0.05) is 29.8 Å². The van der Waals surface area contributed by atoms with E-state index in [9.17, 15) is 0 Å². The van der Waals surface area contributed by atoms with Gasteiger partial charge in [0.15, 0.2) is 0 Å². The highest BCUT2D eigenvalue weighted by molar-refractivity contribution is 5.79. The van der Waals surface area contributed by atoms with Crippen LogP contribution in [0.4, 0.5) is 5.82 Å². The molecule has 3 heteroatoms. The monoisotopic (exact) mass is 224 g/mol. The summed E-state index contributed by atoms with van der Waals surface area (Å²) < 4.78 is 18.2. The highest BCUT2D eigenvalue weighted by Gasteiger charge is 2.01. The van der Waals surface area contributed by atoms with Crippen LogP contribution in [0.5, 0.6) is 0 Å². The molecule has 3 nitrogen and oxygen atoms in total. The molecule has 0 amide bonds. The van der Waals surface area contributed by atoms with Gasteiger partial charge < -0.3 is 10.3 Å². The van der Waals surface area contributed by atoms with Gasteiger partial charge >= 0.3 is 0 Å². The highest BCUT2D eigenvalue weighted by Crippen LogP contribution is 2.16. The first-order chi connectivity index (χ1) is 9.09. The van der Waals surface area contributed by atoms with Crippen molar-refractivity contribution in [2.24, 2.45) is 0 Å². The molecule has 2 N–H and O–H groups in total. The fraction of sp³-hybridized carbons (Fsp3) is 0.0714. The number of rotatable bonds is 2. The first-order valence-electron chi connectivity index (χ1n) is 6.29. The Bertz CT molecular complexity index is 734. The van der Waals surface area contributed by atoms with Crippen molar-refractivity contribution in [2.45, 2.75) is 6.50 Å². The summed E-state index contributed by atoms with van der Waals surface area (Å²) in [6, 6.07) is 13.6. The number of nitrogens with zero attached hydrogens (tertiary/aromatic N) is 2. The molecule has 0 spiro atoms. The molecule has 0 saturated heterocycles. The predicted octanol–water partition coefficient (Wildman–Crippen LogP) is 2.47. The number of nitrogen functional groups attached to an aromatic ring is 1. The Morgan fingerprint density at radius 3 is 3.24 bits per heavy atom. The first kappa shape index (κ1) is 7.90. The summed E-state index contributed by atoms with van der Waals surface area (Å²) in [6.07, 6.45) is 3.23. The smallest absolute Gasteiger partial charge is 0.123 e. The zero-order valence-corrected chi connectivity index (χ0v) is 9.09. The molecule has 0 fully saturated rings. The molecule has 17 heavy (non-hydrogen) atoms. The van der Waals surface area contributed by atoms with Crippen molar-refractivity contribution in [3.05, 3.63) is 60.4 Å².